The van der Waals surface area contributed by atoms with Crippen LogP contribution in [0.3, 0.4) is 0 Å². The van der Waals surface area contributed by atoms with Crippen LogP contribution in [-0.2, 0) is 26.5 Å². The molecule has 0 aliphatic carbocycles. The Morgan fingerprint density at radius 1 is 1.40 bits per heavy atom. The van der Waals surface area contributed by atoms with Crippen LogP contribution in [0.4, 0.5) is 0 Å². The van der Waals surface area contributed by atoms with Gasteiger partial charge in [0.25, 0.3) is 0 Å². The topological polar surface area (TPSA) is 74.6 Å². The number of aliphatic carboxylic acids is 1. The summed E-state index contributed by atoms with van der Waals surface area (Å²) in [4.78, 5) is 17.5. The Morgan fingerprint density at radius 2 is 1.87 bits per heavy atom. The Hall–Kier alpha value is -0.627. The molecule has 0 fully saturated rings. The molecule has 4 nitrogen and oxygen atoms in total. The Balaban J connectivity index is 0.000000583. The van der Waals surface area contributed by atoms with E-state index in [1.807, 2.05) is 30.3 Å². The summed E-state index contributed by atoms with van der Waals surface area (Å²) in [7, 11) is -0.833. The molecular formula is C9H11O4PZn. The smallest absolute Gasteiger partial charge is 0.310 e. The first-order valence-electron chi connectivity index (χ1n) is 4.35. The molecule has 0 saturated carbocycles. The molecule has 0 heterocycles. The van der Waals surface area contributed by atoms with Crippen LogP contribution >= 0.6 is 8.69 Å². The van der Waals surface area contributed by atoms with Gasteiger partial charge in [-0.25, -0.2) is 4.57 Å². The third-order valence-corrected chi connectivity index (χ3v) is 5.80. The van der Waals surface area contributed by atoms with Crippen molar-refractivity contribution in [3.63, 3.8) is 0 Å². The number of hydrogen-bond acceptors (Lipinski definition) is 2. The SMILES string of the molecule is C[CH]([Zn][c]1ccccc1)C(=O)O.O=PO. The standard InChI is InChI=1S/C6H5.C3H5O2.HO2P.Zn/c1-2-4-6-5-3-1;1-2-3(4)5;1-3-2;/h1-5H;2H,1H3,(H,4,5);(H,1,2);. The Kier molecular flexibility index (Phi) is 8.30. The van der Waals surface area contributed by atoms with Crippen LogP contribution in [0.1, 0.15) is 6.92 Å². The number of carboxylic acids is 1. The van der Waals surface area contributed by atoms with Crippen LogP contribution in [0.5, 0.6) is 0 Å². The summed E-state index contributed by atoms with van der Waals surface area (Å²) < 4.78 is 9.61. The zero-order valence-electron chi connectivity index (χ0n) is 8.33. The van der Waals surface area contributed by atoms with Crippen molar-refractivity contribution < 1.29 is 36.5 Å². The molecule has 78 valence electrons. The van der Waals surface area contributed by atoms with Crippen molar-refractivity contribution in [1.29, 1.82) is 0 Å². The van der Waals surface area contributed by atoms with E-state index in [-0.39, 0.29) is 4.51 Å². The van der Waals surface area contributed by atoms with E-state index in [0.29, 0.717) is 0 Å². The molecule has 0 radical (unpaired) electrons. The number of carboxylic acid groups (broad SMARTS) is 1. The third kappa shape index (κ3) is 7.32. The molecule has 6 heteroatoms. The number of hydrogen-bond donors (Lipinski definition) is 2. The van der Waals surface area contributed by atoms with Gasteiger partial charge in [-0.3, -0.25) is 0 Å². The van der Waals surface area contributed by atoms with Crippen LogP contribution in [-0.4, -0.2) is 16.0 Å². The average molecular weight is 280 g/mol. The molecule has 2 N–H and O–H groups in total. The van der Waals surface area contributed by atoms with Gasteiger partial charge < -0.3 is 4.89 Å². The maximum atomic E-state index is 10.6. The summed E-state index contributed by atoms with van der Waals surface area (Å²) in [6, 6.07) is 9.94. The summed E-state index contributed by atoms with van der Waals surface area (Å²) >= 11 is -1.07. The van der Waals surface area contributed by atoms with Gasteiger partial charge in [-0.2, -0.15) is 0 Å². The van der Waals surface area contributed by atoms with Crippen LogP contribution in [0.15, 0.2) is 30.3 Å². The molecule has 0 saturated heterocycles. The maximum Gasteiger partial charge on any atom is 0.324 e. The Bertz CT molecular complexity index is 304. The Morgan fingerprint density at radius 3 is 2.27 bits per heavy atom. The molecule has 1 rings (SSSR count). The van der Waals surface area contributed by atoms with Crippen molar-refractivity contribution in [3.05, 3.63) is 30.3 Å². The second-order valence-corrected chi connectivity index (χ2v) is 8.31. The maximum absolute atomic E-state index is 10.6. The minimum Gasteiger partial charge on any atom is -0.310 e. The quantitative estimate of drug-likeness (QED) is 0.649. The molecule has 15 heavy (non-hydrogen) atoms. The molecule has 0 bridgehead atoms. The first-order valence-corrected chi connectivity index (χ1v) is 8.31. The van der Waals surface area contributed by atoms with Crippen LogP contribution in [0.25, 0.3) is 0 Å². The zero-order valence-corrected chi connectivity index (χ0v) is 12.2. The van der Waals surface area contributed by atoms with E-state index in [9.17, 15) is 4.79 Å². The van der Waals surface area contributed by atoms with Gasteiger partial charge in [-0.1, -0.05) is 0 Å². The van der Waals surface area contributed by atoms with Crippen molar-refractivity contribution in [3.8, 4) is 0 Å². The van der Waals surface area contributed by atoms with E-state index in [4.69, 9.17) is 14.6 Å². The minimum absolute atomic E-state index is 0.111. The van der Waals surface area contributed by atoms with E-state index in [0.717, 1.165) is 0 Å². The van der Waals surface area contributed by atoms with E-state index in [1.54, 1.807) is 6.92 Å². The molecule has 0 amide bonds. The molecule has 1 atom stereocenters. The predicted molar refractivity (Wildman–Crippen MR) is 53.0 cm³/mol. The van der Waals surface area contributed by atoms with E-state index in [2.05, 4.69) is 0 Å². The molecule has 0 spiro atoms. The van der Waals surface area contributed by atoms with Gasteiger partial charge in [0.05, 0.1) is 0 Å². The minimum atomic E-state index is -1.07. The van der Waals surface area contributed by atoms with E-state index < -0.39 is 31.8 Å². The van der Waals surface area contributed by atoms with Gasteiger partial charge in [-0.15, -0.1) is 0 Å². The third-order valence-electron chi connectivity index (χ3n) is 1.81. The monoisotopic (exact) mass is 278 g/mol. The van der Waals surface area contributed by atoms with Crippen LogP contribution < -0.4 is 4.16 Å². The van der Waals surface area contributed by atoms with E-state index in [1.165, 1.54) is 4.16 Å². The first-order chi connectivity index (χ1) is 7.11. The molecule has 1 aromatic rings. The fraction of sp³-hybridized carbons (Fsp3) is 0.222. The Labute approximate surface area is 97.2 Å². The first kappa shape index (κ1) is 14.4. The second kappa shape index (κ2) is 8.66. The van der Waals surface area contributed by atoms with Crippen molar-refractivity contribution in [2.24, 2.45) is 0 Å². The molecule has 0 aliphatic rings. The van der Waals surface area contributed by atoms with Gasteiger partial charge >= 0.3 is 87.6 Å². The predicted octanol–water partition coefficient (Wildman–Crippen LogP) is 1.47. The van der Waals surface area contributed by atoms with Gasteiger partial charge in [-0.05, 0) is 0 Å². The van der Waals surface area contributed by atoms with Crippen molar-refractivity contribution in [2.75, 3.05) is 0 Å². The number of benzene rings is 1. The summed E-state index contributed by atoms with van der Waals surface area (Å²) in [5.74, 6) is -0.654. The largest absolute Gasteiger partial charge is 0.324 e. The number of rotatable bonds is 3. The summed E-state index contributed by atoms with van der Waals surface area (Å²) in [6.45, 7) is 1.80. The molecule has 0 aliphatic heterocycles. The fourth-order valence-electron chi connectivity index (χ4n) is 1.05. The summed E-state index contributed by atoms with van der Waals surface area (Å²) in [5.41, 5.74) is 0. The zero-order chi connectivity index (χ0) is 11.7. The van der Waals surface area contributed by atoms with Gasteiger partial charge in [0, 0.05) is 0 Å². The fourth-order valence-corrected chi connectivity index (χ4v) is 4.05. The van der Waals surface area contributed by atoms with Crippen molar-refractivity contribution >= 4 is 18.8 Å². The van der Waals surface area contributed by atoms with Crippen molar-refractivity contribution in [1.82, 2.24) is 0 Å². The number of carbonyl (C=O) groups is 1. The van der Waals surface area contributed by atoms with Gasteiger partial charge in [0.1, 0.15) is 0 Å². The van der Waals surface area contributed by atoms with Crippen LogP contribution in [0, 0.1) is 0 Å². The normalized spacial score (nSPS) is 10.8. The average Bonchev–Trinajstić information content (AvgIpc) is 2.20. The molecule has 1 aromatic carbocycles. The molecule has 0 aromatic heterocycles. The summed E-state index contributed by atoms with van der Waals surface area (Å²) in [5, 5.41) is 8.69. The summed E-state index contributed by atoms with van der Waals surface area (Å²) in [6.07, 6.45) is 0. The molecular weight excluding hydrogens is 268 g/mol. The second-order valence-electron chi connectivity index (χ2n) is 3.01. The van der Waals surface area contributed by atoms with Crippen LogP contribution in [0.2, 0.25) is 4.51 Å². The van der Waals surface area contributed by atoms with Gasteiger partial charge in [0.15, 0.2) is 0 Å². The van der Waals surface area contributed by atoms with E-state index >= 15 is 0 Å². The van der Waals surface area contributed by atoms with Crippen molar-refractivity contribution in [2.45, 2.75) is 11.4 Å². The molecule has 1 unspecified atom stereocenters. The van der Waals surface area contributed by atoms with Gasteiger partial charge in [0.2, 0.25) is 0 Å².